The van der Waals surface area contributed by atoms with Crippen molar-refractivity contribution in [2.24, 2.45) is 5.73 Å². The van der Waals surface area contributed by atoms with Crippen molar-refractivity contribution >= 4 is 10.0 Å². The Morgan fingerprint density at radius 1 is 1.24 bits per heavy atom. The van der Waals surface area contributed by atoms with E-state index in [0.717, 1.165) is 0 Å². The first-order chi connectivity index (χ1) is 7.77. The minimum atomic E-state index is -4.25. The number of halogens is 3. The fourth-order valence-electron chi connectivity index (χ4n) is 1.09. The monoisotopic (exact) mass is 268 g/mol. The molecule has 0 aliphatic heterocycles. The normalized spacial score (nSPS) is 13.7. The molecule has 0 radical (unpaired) electrons. The SMILES string of the molecule is C[C@@H](CN)NS(=O)(=O)c1cc(F)c(F)cc1F. The molecule has 0 aliphatic carbocycles. The Labute approximate surface area is 96.7 Å². The largest absolute Gasteiger partial charge is 0.329 e. The van der Waals surface area contributed by atoms with Crippen LogP contribution >= 0.6 is 0 Å². The summed E-state index contributed by atoms with van der Waals surface area (Å²) >= 11 is 0. The molecule has 0 amide bonds. The lowest BCUT2D eigenvalue weighted by Crippen LogP contribution is -2.38. The summed E-state index contributed by atoms with van der Waals surface area (Å²) in [5.74, 6) is -4.25. The van der Waals surface area contributed by atoms with Crippen molar-refractivity contribution in [2.45, 2.75) is 17.9 Å². The van der Waals surface area contributed by atoms with E-state index < -0.39 is 38.4 Å². The van der Waals surface area contributed by atoms with Gasteiger partial charge in [-0.05, 0) is 13.0 Å². The van der Waals surface area contributed by atoms with Gasteiger partial charge >= 0.3 is 0 Å². The highest BCUT2D eigenvalue weighted by atomic mass is 32.2. The molecule has 0 saturated heterocycles. The first kappa shape index (κ1) is 13.9. The fourth-order valence-corrected chi connectivity index (χ4v) is 2.41. The predicted molar refractivity (Wildman–Crippen MR) is 55.2 cm³/mol. The van der Waals surface area contributed by atoms with Gasteiger partial charge in [-0.3, -0.25) is 0 Å². The van der Waals surface area contributed by atoms with Crippen LogP contribution in [0.3, 0.4) is 0 Å². The molecule has 1 atom stereocenters. The van der Waals surface area contributed by atoms with E-state index in [9.17, 15) is 21.6 Å². The standard InChI is InChI=1S/C9H11F3N2O2S/c1-5(4-13)14-17(15,16)9-3-7(11)6(10)2-8(9)12/h2-3,5,14H,4,13H2,1H3/t5-/m0/s1. The van der Waals surface area contributed by atoms with Crippen LogP contribution in [-0.2, 0) is 10.0 Å². The van der Waals surface area contributed by atoms with Crippen LogP contribution in [0, 0.1) is 17.5 Å². The molecule has 1 rings (SSSR count). The van der Waals surface area contributed by atoms with E-state index in [2.05, 4.69) is 0 Å². The Balaban J connectivity index is 3.20. The van der Waals surface area contributed by atoms with Gasteiger partial charge < -0.3 is 5.73 Å². The maximum Gasteiger partial charge on any atom is 0.243 e. The lowest BCUT2D eigenvalue weighted by molar-refractivity contribution is 0.480. The van der Waals surface area contributed by atoms with Crippen LogP contribution in [-0.4, -0.2) is 21.0 Å². The van der Waals surface area contributed by atoms with Crippen LogP contribution in [0.5, 0.6) is 0 Å². The van der Waals surface area contributed by atoms with Crippen LogP contribution in [0.4, 0.5) is 13.2 Å². The molecule has 17 heavy (non-hydrogen) atoms. The molecule has 0 aromatic heterocycles. The summed E-state index contributed by atoms with van der Waals surface area (Å²) in [4.78, 5) is -0.948. The van der Waals surface area contributed by atoms with Crippen molar-refractivity contribution in [3.63, 3.8) is 0 Å². The first-order valence-corrected chi connectivity index (χ1v) is 6.13. The zero-order valence-electron chi connectivity index (χ0n) is 8.88. The molecular weight excluding hydrogens is 257 g/mol. The zero-order chi connectivity index (χ0) is 13.2. The number of rotatable bonds is 4. The molecule has 0 heterocycles. The maximum absolute atomic E-state index is 13.2. The topological polar surface area (TPSA) is 72.2 Å². The third-order valence-electron chi connectivity index (χ3n) is 1.97. The fraction of sp³-hybridized carbons (Fsp3) is 0.333. The molecule has 0 aliphatic rings. The minimum Gasteiger partial charge on any atom is -0.329 e. The van der Waals surface area contributed by atoms with Gasteiger partial charge in [0.05, 0.1) is 0 Å². The minimum absolute atomic E-state index is 0.00940. The third kappa shape index (κ3) is 3.18. The number of sulfonamides is 1. The van der Waals surface area contributed by atoms with Crippen molar-refractivity contribution in [1.29, 1.82) is 0 Å². The average Bonchev–Trinajstić information content (AvgIpc) is 2.22. The van der Waals surface area contributed by atoms with E-state index in [1.54, 1.807) is 0 Å². The van der Waals surface area contributed by atoms with Crippen molar-refractivity contribution in [2.75, 3.05) is 6.54 Å². The summed E-state index contributed by atoms with van der Waals surface area (Å²) in [5, 5.41) is 0. The summed E-state index contributed by atoms with van der Waals surface area (Å²) in [6.07, 6.45) is 0. The van der Waals surface area contributed by atoms with Gasteiger partial charge in [0.2, 0.25) is 10.0 Å². The van der Waals surface area contributed by atoms with Crippen LogP contribution in [0.1, 0.15) is 6.92 Å². The van der Waals surface area contributed by atoms with Crippen LogP contribution in [0.15, 0.2) is 17.0 Å². The quantitative estimate of drug-likeness (QED) is 0.791. The van der Waals surface area contributed by atoms with Gasteiger partial charge in [-0.2, -0.15) is 0 Å². The Bertz CT molecular complexity index is 519. The summed E-state index contributed by atoms with van der Waals surface area (Å²) in [5.41, 5.74) is 5.19. The van der Waals surface area contributed by atoms with Gasteiger partial charge in [0.25, 0.3) is 0 Å². The molecule has 1 aromatic rings. The highest BCUT2D eigenvalue weighted by Crippen LogP contribution is 2.18. The highest BCUT2D eigenvalue weighted by Gasteiger charge is 2.23. The van der Waals surface area contributed by atoms with E-state index in [0.29, 0.717) is 0 Å². The van der Waals surface area contributed by atoms with E-state index in [-0.39, 0.29) is 18.7 Å². The average molecular weight is 268 g/mol. The molecule has 96 valence electrons. The summed E-state index contributed by atoms with van der Waals surface area (Å²) in [6, 6.07) is -0.180. The predicted octanol–water partition coefficient (Wildman–Crippen LogP) is 0.729. The molecule has 8 heteroatoms. The van der Waals surface area contributed by atoms with Crippen LogP contribution in [0.2, 0.25) is 0 Å². The third-order valence-corrected chi connectivity index (χ3v) is 3.58. The van der Waals surface area contributed by atoms with E-state index in [4.69, 9.17) is 5.73 Å². The number of benzene rings is 1. The van der Waals surface area contributed by atoms with E-state index >= 15 is 0 Å². The van der Waals surface area contributed by atoms with Crippen molar-refractivity contribution < 1.29 is 21.6 Å². The van der Waals surface area contributed by atoms with Crippen molar-refractivity contribution in [3.05, 3.63) is 29.6 Å². The molecule has 0 bridgehead atoms. The Hall–Kier alpha value is -1.12. The number of hydrogen-bond donors (Lipinski definition) is 2. The smallest absolute Gasteiger partial charge is 0.243 e. The molecule has 1 aromatic carbocycles. The Morgan fingerprint density at radius 2 is 1.76 bits per heavy atom. The van der Waals surface area contributed by atoms with Crippen LogP contribution < -0.4 is 10.5 Å². The van der Waals surface area contributed by atoms with Gasteiger partial charge in [0.15, 0.2) is 11.6 Å². The Morgan fingerprint density at radius 3 is 2.29 bits per heavy atom. The van der Waals surface area contributed by atoms with Gasteiger partial charge in [-0.1, -0.05) is 0 Å². The van der Waals surface area contributed by atoms with E-state index in [1.807, 2.05) is 4.72 Å². The lowest BCUT2D eigenvalue weighted by atomic mass is 10.3. The lowest BCUT2D eigenvalue weighted by Gasteiger charge is -2.12. The van der Waals surface area contributed by atoms with Gasteiger partial charge in [0.1, 0.15) is 10.7 Å². The molecule has 4 nitrogen and oxygen atoms in total. The number of nitrogens with two attached hydrogens (primary N) is 1. The summed E-state index contributed by atoms with van der Waals surface area (Å²) in [6.45, 7) is 1.44. The second-order valence-electron chi connectivity index (χ2n) is 3.45. The second-order valence-corrected chi connectivity index (χ2v) is 5.14. The van der Waals surface area contributed by atoms with Crippen molar-refractivity contribution in [1.82, 2.24) is 4.72 Å². The summed E-state index contributed by atoms with van der Waals surface area (Å²) in [7, 11) is -4.25. The van der Waals surface area contributed by atoms with Gasteiger partial charge in [-0.15, -0.1) is 0 Å². The molecule has 0 spiro atoms. The van der Waals surface area contributed by atoms with Gasteiger partial charge in [0, 0.05) is 18.7 Å². The number of nitrogens with one attached hydrogen (secondary N) is 1. The second kappa shape index (κ2) is 5.03. The zero-order valence-corrected chi connectivity index (χ0v) is 9.69. The van der Waals surface area contributed by atoms with Gasteiger partial charge in [-0.25, -0.2) is 26.3 Å². The van der Waals surface area contributed by atoms with Crippen LogP contribution in [0.25, 0.3) is 0 Å². The summed E-state index contributed by atoms with van der Waals surface area (Å²) < 4.78 is 63.9. The number of hydrogen-bond acceptors (Lipinski definition) is 3. The van der Waals surface area contributed by atoms with Crippen molar-refractivity contribution in [3.8, 4) is 0 Å². The first-order valence-electron chi connectivity index (χ1n) is 4.65. The maximum atomic E-state index is 13.2. The molecule has 0 unspecified atom stereocenters. The molecule has 0 saturated carbocycles. The van der Waals surface area contributed by atoms with E-state index in [1.165, 1.54) is 6.92 Å². The highest BCUT2D eigenvalue weighted by molar-refractivity contribution is 7.89. The Kier molecular flexibility index (Phi) is 4.12. The molecule has 0 fully saturated rings. The molecule has 3 N–H and O–H groups in total. The molecular formula is C9H11F3N2O2S.